The number of hydrogen-bond acceptors (Lipinski definition) is 2. The van der Waals surface area contributed by atoms with Crippen molar-refractivity contribution in [2.45, 2.75) is 6.92 Å². The fraction of sp³-hybridized carbons (Fsp3) is 0.0833. The number of phenolic OH excluding ortho intramolecular Hbond substituents is 1. The van der Waals surface area contributed by atoms with Gasteiger partial charge in [-0.1, -0.05) is 5.92 Å². The van der Waals surface area contributed by atoms with Gasteiger partial charge in [-0.15, -0.1) is 6.42 Å². The first-order valence-corrected chi connectivity index (χ1v) is 4.26. The van der Waals surface area contributed by atoms with Crippen LogP contribution in [0.5, 0.6) is 5.75 Å². The predicted molar refractivity (Wildman–Crippen MR) is 56.1 cm³/mol. The lowest BCUT2D eigenvalue weighted by Gasteiger charge is -2.02. The average molecular weight is 183 g/mol. The van der Waals surface area contributed by atoms with Crippen molar-refractivity contribution in [2.24, 2.45) is 0 Å². The first-order valence-electron chi connectivity index (χ1n) is 4.26. The van der Waals surface area contributed by atoms with Gasteiger partial charge in [0, 0.05) is 17.1 Å². The standard InChI is InChI=1S/C12H9NO/c1-3-9-5-10-6-11(14)4-8(2)12(10)13-7-9/h1,4-7,14H,2H3. The summed E-state index contributed by atoms with van der Waals surface area (Å²) in [6.45, 7) is 1.91. The van der Waals surface area contributed by atoms with E-state index in [-0.39, 0.29) is 5.75 Å². The van der Waals surface area contributed by atoms with Crippen molar-refractivity contribution in [3.05, 3.63) is 35.5 Å². The zero-order valence-electron chi connectivity index (χ0n) is 7.78. The van der Waals surface area contributed by atoms with Crippen LogP contribution in [0.2, 0.25) is 0 Å². The van der Waals surface area contributed by atoms with Crippen LogP contribution in [0.25, 0.3) is 10.9 Å². The molecular weight excluding hydrogens is 174 g/mol. The van der Waals surface area contributed by atoms with Crippen molar-refractivity contribution < 1.29 is 5.11 Å². The molecule has 1 aromatic heterocycles. The van der Waals surface area contributed by atoms with E-state index in [1.807, 2.05) is 13.0 Å². The number of hydrogen-bond donors (Lipinski definition) is 1. The predicted octanol–water partition coefficient (Wildman–Crippen LogP) is 2.23. The quantitative estimate of drug-likeness (QED) is 0.635. The van der Waals surface area contributed by atoms with Crippen molar-refractivity contribution in [3.8, 4) is 18.1 Å². The van der Waals surface area contributed by atoms with Crippen LogP contribution in [0.1, 0.15) is 11.1 Å². The van der Waals surface area contributed by atoms with E-state index in [1.165, 1.54) is 0 Å². The Balaban J connectivity index is 2.83. The van der Waals surface area contributed by atoms with Crippen LogP contribution in [0.4, 0.5) is 0 Å². The minimum absolute atomic E-state index is 0.242. The van der Waals surface area contributed by atoms with E-state index >= 15 is 0 Å². The Morgan fingerprint density at radius 3 is 2.86 bits per heavy atom. The Kier molecular flexibility index (Phi) is 1.86. The summed E-state index contributed by atoms with van der Waals surface area (Å²) in [7, 11) is 0. The van der Waals surface area contributed by atoms with E-state index in [9.17, 15) is 5.11 Å². The third-order valence-electron chi connectivity index (χ3n) is 2.13. The van der Waals surface area contributed by atoms with E-state index in [1.54, 1.807) is 18.3 Å². The molecule has 0 spiro atoms. The van der Waals surface area contributed by atoms with Gasteiger partial charge >= 0.3 is 0 Å². The number of fused-ring (bicyclic) bond motifs is 1. The van der Waals surface area contributed by atoms with Crippen LogP contribution in [-0.4, -0.2) is 10.1 Å². The highest BCUT2D eigenvalue weighted by molar-refractivity contribution is 5.84. The largest absolute Gasteiger partial charge is 0.508 e. The number of phenols is 1. The lowest BCUT2D eigenvalue weighted by atomic mass is 10.1. The number of pyridine rings is 1. The van der Waals surface area contributed by atoms with Gasteiger partial charge in [0.25, 0.3) is 0 Å². The van der Waals surface area contributed by atoms with Crippen LogP contribution in [-0.2, 0) is 0 Å². The SMILES string of the molecule is C#Cc1cnc2c(C)cc(O)cc2c1. The number of rotatable bonds is 0. The highest BCUT2D eigenvalue weighted by Gasteiger charge is 2.01. The summed E-state index contributed by atoms with van der Waals surface area (Å²) in [5.41, 5.74) is 2.55. The zero-order chi connectivity index (χ0) is 10.1. The summed E-state index contributed by atoms with van der Waals surface area (Å²) in [6.07, 6.45) is 6.92. The second kappa shape index (κ2) is 3.04. The molecule has 0 atom stereocenters. The van der Waals surface area contributed by atoms with Gasteiger partial charge in [-0.3, -0.25) is 4.98 Å². The molecule has 14 heavy (non-hydrogen) atoms. The molecule has 0 unspecified atom stereocenters. The normalized spacial score (nSPS) is 10.0. The molecule has 0 radical (unpaired) electrons. The zero-order valence-corrected chi connectivity index (χ0v) is 7.78. The molecule has 2 nitrogen and oxygen atoms in total. The summed E-state index contributed by atoms with van der Waals surface area (Å²) in [4.78, 5) is 4.24. The Bertz CT molecular complexity index is 538. The monoisotopic (exact) mass is 183 g/mol. The first-order chi connectivity index (χ1) is 6.70. The molecule has 0 aliphatic carbocycles. The Morgan fingerprint density at radius 2 is 2.14 bits per heavy atom. The number of aromatic hydroxyl groups is 1. The van der Waals surface area contributed by atoms with E-state index in [2.05, 4.69) is 10.9 Å². The van der Waals surface area contributed by atoms with Gasteiger partial charge in [-0.05, 0) is 30.7 Å². The van der Waals surface area contributed by atoms with Crippen molar-refractivity contribution in [1.29, 1.82) is 0 Å². The molecule has 0 amide bonds. The number of nitrogens with zero attached hydrogens (tertiary/aromatic N) is 1. The molecule has 0 saturated heterocycles. The molecule has 1 N–H and O–H groups in total. The highest BCUT2D eigenvalue weighted by atomic mass is 16.3. The Morgan fingerprint density at radius 1 is 1.36 bits per heavy atom. The van der Waals surface area contributed by atoms with Crippen LogP contribution in [0.15, 0.2) is 24.4 Å². The first kappa shape index (κ1) is 8.58. The van der Waals surface area contributed by atoms with Crippen molar-refractivity contribution >= 4 is 10.9 Å². The van der Waals surface area contributed by atoms with Gasteiger partial charge in [0.15, 0.2) is 0 Å². The second-order valence-electron chi connectivity index (χ2n) is 3.20. The maximum Gasteiger partial charge on any atom is 0.116 e. The Labute approximate surface area is 82.2 Å². The minimum atomic E-state index is 0.242. The topological polar surface area (TPSA) is 33.1 Å². The lowest BCUT2D eigenvalue weighted by Crippen LogP contribution is -1.85. The van der Waals surface area contributed by atoms with Gasteiger partial charge in [-0.25, -0.2) is 0 Å². The van der Waals surface area contributed by atoms with E-state index in [4.69, 9.17) is 6.42 Å². The van der Waals surface area contributed by atoms with Gasteiger partial charge < -0.3 is 5.11 Å². The number of benzene rings is 1. The molecule has 1 aromatic carbocycles. The molecule has 0 fully saturated rings. The van der Waals surface area contributed by atoms with Crippen LogP contribution >= 0.6 is 0 Å². The van der Waals surface area contributed by atoms with Crippen LogP contribution in [0, 0.1) is 19.3 Å². The molecule has 0 aliphatic rings. The van der Waals surface area contributed by atoms with Crippen molar-refractivity contribution in [2.75, 3.05) is 0 Å². The maximum absolute atomic E-state index is 9.40. The van der Waals surface area contributed by atoms with Crippen LogP contribution < -0.4 is 0 Å². The number of aromatic nitrogens is 1. The third-order valence-corrected chi connectivity index (χ3v) is 2.13. The average Bonchev–Trinajstić information content (AvgIpc) is 2.16. The Hall–Kier alpha value is -2.01. The molecule has 2 heteroatoms. The lowest BCUT2D eigenvalue weighted by molar-refractivity contribution is 0.476. The van der Waals surface area contributed by atoms with E-state index in [0.29, 0.717) is 0 Å². The van der Waals surface area contributed by atoms with Crippen LogP contribution in [0.3, 0.4) is 0 Å². The number of terminal acetylenes is 1. The fourth-order valence-electron chi connectivity index (χ4n) is 1.49. The second-order valence-corrected chi connectivity index (χ2v) is 3.20. The highest BCUT2D eigenvalue weighted by Crippen LogP contribution is 2.22. The van der Waals surface area contributed by atoms with Crippen molar-refractivity contribution in [1.82, 2.24) is 4.98 Å². The van der Waals surface area contributed by atoms with E-state index < -0.39 is 0 Å². The molecule has 1 heterocycles. The molecule has 0 saturated carbocycles. The molecule has 2 aromatic rings. The smallest absolute Gasteiger partial charge is 0.116 e. The molecule has 0 aliphatic heterocycles. The van der Waals surface area contributed by atoms with Gasteiger partial charge in [0.2, 0.25) is 0 Å². The molecule has 2 rings (SSSR count). The fourth-order valence-corrected chi connectivity index (χ4v) is 1.49. The van der Waals surface area contributed by atoms with Crippen molar-refractivity contribution in [3.63, 3.8) is 0 Å². The van der Waals surface area contributed by atoms with Gasteiger partial charge in [0.05, 0.1) is 5.52 Å². The van der Waals surface area contributed by atoms with Gasteiger partial charge in [0.1, 0.15) is 5.75 Å². The van der Waals surface area contributed by atoms with Gasteiger partial charge in [-0.2, -0.15) is 0 Å². The minimum Gasteiger partial charge on any atom is -0.508 e. The summed E-state index contributed by atoms with van der Waals surface area (Å²) in [5, 5.41) is 10.3. The maximum atomic E-state index is 9.40. The summed E-state index contributed by atoms with van der Waals surface area (Å²) in [6, 6.07) is 5.19. The summed E-state index contributed by atoms with van der Waals surface area (Å²) in [5.74, 6) is 2.76. The molecular formula is C12H9NO. The summed E-state index contributed by atoms with van der Waals surface area (Å²) < 4.78 is 0. The molecule has 68 valence electrons. The number of aryl methyl sites for hydroxylation is 1. The third kappa shape index (κ3) is 1.29. The summed E-state index contributed by atoms with van der Waals surface area (Å²) >= 11 is 0. The molecule has 0 bridgehead atoms. The van der Waals surface area contributed by atoms with E-state index in [0.717, 1.165) is 22.0 Å².